The average molecular weight is 449 g/mol. The van der Waals surface area contributed by atoms with E-state index in [1.807, 2.05) is 0 Å². The second-order valence-electron chi connectivity index (χ2n) is 6.45. The van der Waals surface area contributed by atoms with Crippen LogP contribution in [0.15, 0.2) is 46.8 Å². The topological polar surface area (TPSA) is 144 Å². The number of amides is 2. The van der Waals surface area contributed by atoms with Gasteiger partial charge in [-0.05, 0) is 36.8 Å². The Hall–Kier alpha value is -3.18. The summed E-state index contributed by atoms with van der Waals surface area (Å²) in [6, 6.07) is 7.72. The van der Waals surface area contributed by atoms with Gasteiger partial charge < -0.3 is 20.8 Å². The minimum absolute atomic E-state index is 0.196. The molecule has 4 N–H and O–H groups in total. The Morgan fingerprint density at radius 1 is 1.27 bits per heavy atom. The molecule has 0 unspecified atom stereocenters. The fourth-order valence-corrected chi connectivity index (χ4v) is 3.90. The van der Waals surface area contributed by atoms with Crippen molar-refractivity contribution >= 4 is 38.1 Å². The van der Waals surface area contributed by atoms with Crippen molar-refractivity contribution in [1.29, 1.82) is 0 Å². The van der Waals surface area contributed by atoms with Crippen molar-refractivity contribution in [2.24, 2.45) is 5.73 Å². The van der Waals surface area contributed by atoms with Crippen molar-refractivity contribution in [2.75, 3.05) is 18.2 Å². The van der Waals surface area contributed by atoms with E-state index in [1.165, 1.54) is 23.5 Å². The van der Waals surface area contributed by atoms with Crippen LogP contribution in [0.2, 0.25) is 0 Å². The predicted octanol–water partition coefficient (Wildman–Crippen LogP) is 2.44. The van der Waals surface area contributed by atoms with Crippen molar-refractivity contribution in [3.8, 4) is 17.0 Å². The standard InChI is InChI=1S/C19H20N4O5S2/c1-30(26,27)14-6-4-13(5-7-14)28-8-2-3-17(24)23-19-22-16(11-29-19)12-9-15(18(20)25)21-10-12/h4-7,9-11,21H,2-3,8H2,1H3,(H2,20,25)(H,22,23,24). The molecule has 0 aliphatic rings. The molecular weight excluding hydrogens is 428 g/mol. The van der Waals surface area contributed by atoms with Crippen LogP contribution in [-0.2, 0) is 14.6 Å². The van der Waals surface area contributed by atoms with Crippen LogP contribution in [0.4, 0.5) is 5.13 Å². The minimum Gasteiger partial charge on any atom is -0.494 e. The fourth-order valence-electron chi connectivity index (χ4n) is 2.54. The van der Waals surface area contributed by atoms with E-state index in [1.54, 1.807) is 29.8 Å². The number of hydrogen-bond donors (Lipinski definition) is 3. The third-order valence-corrected chi connectivity index (χ3v) is 5.95. The predicted molar refractivity (Wildman–Crippen MR) is 113 cm³/mol. The Morgan fingerprint density at radius 2 is 2.00 bits per heavy atom. The molecule has 0 aliphatic carbocycles. The summed E-state index contributed by atoms with van der Waals surface area (Å²) in [6.45, 7) is 0.313. The molecule has 0 atom stereocenters. The first-order chi connectivity index (χ1) is 14.2. The third kappa shape index (κ3) is 5.67. The molecular formula is C19H20N4O5S2. The van der Waals surface area contributed by atoms with Gasteiger partial charge in [0.2, 0.25) is 5.91 Å². The zero-order chi connectivity index (χ0) is 21.7. The van der Waals surface area contributed by atoms with Crippen molar-refractivity contribution in [1.82, 2.24) is 9.97 Å². The summed E-state index contributed by atoms with van der Waals surface area (Å²) in [5.41, 5.74) is 6.83. The average Bonchev–Trinajstić information content (AvgIpc) is 3.34. The molecule has 0 aliphatic heterocycles. The summed E-state index contributed by atoms with van der Waals surface area (Å²) >= 11 is 1.28. The number of nitrogens with zero attached hydrogens (tertiary/aromatic N) is 1. The molecule has 2 aromatic heterocycles. The van der Waals surface area contributed by atoms with Crippen molar-refractivity contribution in [3.05, 3.63) is 47.6 Å². The van der Waals surface area contributed by atoms with E-state index in [2.05, 4.69) is 15.3 Å². The van der Waals surface area contributed by atoms with Gasteiger partial charge in [-0.15, -0.1) is 11.3 Å². The van der Waals surface area contributed by atoms with E-state index in [-0.39, 0.29) is 22.9 Å². The molecule has 11 heteroatoms. The van der Waals surface area contributed by atoms with Gasteiger partial charge >= 0.3 is 0 Å². The maximum Gasteiger partial charge on any atom is 0.265 e. The number of benzene rings is 1. The van der Waals surface area contributed by atoms with Crippen LogP contribution in [0.25, 0.3) is 11.3 Å². The number of carbonyl (C=O) groups is 2. The van der Waals surface area contributed by atoms with E-state index < -0.39 is 15.7 Å². The number of thiazole rings is 1. The number of nitrogens with two attached hydrogens (primary N) is 1. The molecule has 1 aromatic carbocycles. The Morgan fingerprint density at radius 3 is 2.63 bits per heavy atom. The number of H-pyrrole nitrogens is 1. The Labute approximate surface area is 177 Å². The highest BCUT2D eigenvalue weighted by Crippen LogP contribution is 2.25. The highest BCUT2D eigenvalue weighted by atomic mass is 32.2. The molecule has 2 amide bonds. The third-order valence-electron chi connectivity index (χ3n) is 4.06. The van der Waals surface area contributed by atoms with Crippen molar-refractivity contribution < 1.29 is 22.7 Å². The van der Waals surface area contributed by atoms with Gasteiger partial charge in [0.25, 0.3) is 5.91 Å². The van der Waals surface area contributed by atoms with Crippen LogP contribution in [-0.4, -0.2) is 43.1 Å². The maximum atomic E-state index is 12.1. The van der Waals surface area contributed by atoms with E-state index in [0.717, 1.165) is 6.26 Å². The number of hydrogen-bond acceptors (Lipinski definition) is 7. The summed E-state index contributed by atoms with van der Waals surface area (Å²) in [5.74, 6) is -0.216. The number of aromatic nitrogens is 2. The van der Waals surface area contributed by atoms with Crippen LogP contribution in [0.3, 0.4) is 0 Å². The second kappa shape index (κ2) is 9.09. The number of nitrogens with one attached hydrogen (secondary N) is 2. The van der Waals surface area contributed by atoms with Crippen molar-refractivity contribution in [3.63, 3.8) is 0 Å². The lowest BCUT2D eigenvalue weighted by molar-refractivity contribution is -0.116. The summed E-state index contributed by atoms with van der Waals surface area (Å²) in [5, 5.41) is 4.95. The molecule has 0 spiro atoms. The van der Waals surface area contributed by atoms with Gasteiger partial charge in [-0.25, -0.2) is 13.4 Å². The van der Waals surface area contributed by atoms with Crippen LogP contribution >= 0.6 is 11.3 Å². The molecule has 9 nitrogen and oxygen atoms in total. The second-order valence-corrected chi connectivity index (χ2v) is 9.32. The Kier molecular flexibility index (Phi) is 6.53. The molecule has 3 aromatic rings. The van der Waals surface area contributed by atoms with Crippen molar-refractivity contribution in [2.45, 2.75) is 17.7 Å². The van der Waals surface area contributed by atoms with Gasteiger partial charge in [0, 0.05) is 29.8 Å². The lowest BCUT2D eigenvalue weighted by Crippen LogP contribution is -2.12. The highest BCUT2D eigenvalue weighted by Gasteiger charge is 2.11. The zero-order valence-corrected chi connectivity index (χ0v) is 17.7. The molecule has 0 radical (unpaired) electrons. The SMILES string of the molecule is CS(=O)(=O)c1ccc(OCCCC(=O)Nc2nc(-c3c[nH]c(C(N)=O)c3)cs2)cc1. The largest absolute Gasteiger partial charge is 0.494 e. The van der Waals surface area contributed by atoms with Gasteiger partial charge in [-0.3, -0.25) is 9.59 Å². The first kappa shape index (κ1) is 21.5. The molecule has 2 heterocycles. The maximum absolute atomic E-state index is 12.1. The summed E-state index contributed by atoms with van der Waals surface area (Å²) in [4.78, 5) is 30.6. The molecule has 3 rings (SSSR count). The lowest BCUT2D eigenvalue weighted by atomic mass is 10.2. The number of aromatic amines is 1. The van der Waals surface area contributed by atoms with Crippen LogP contribution in [0.5, 0.6) is 5.75 Å². The first-order valence-electron chi connectivity index (χ1n) is 8.89. The highest BCUT2D eigenvalue weighted by molar-refractivity contribution is 7.90. The molecule has 158 valence electrons. The Balaban J connectivity index is 1.44. The smallest absolute Gasteiger partial charge is 0.265 e. The normalized spacial score (nSPS) is 11.2. The van der Waals surface area contributed by atoms with E-state index in [4.69, 9.17) is 10.5 Å². The minimum atomic E-state index is -3.24. The first-order valence-corrected chi connectivity index (χ1v) is 11.7. The van der Waals surface area contributed by atoms with Crippen LogP contribution < -0.4 is 15.8 Å². The van der Waals surface area contributed by atoms with Gasteiger partial charge in [-0.2, -0.15) is 0 Å². The van der Waals surface area contributed by atoms with E-state index in [9.17, 15) is 18.0 Å². The quantitative estimate of drug-likeness (QED) is 0.429. The van der Waals surface area contributed by atoms with E-state index in [0.29, 0.717) is 35.2 Å². The zero-order valence-electron chi connectivity index (χ0n) is 16.0. The monoisotopic (exact) mass is 448 g/mol. The molecule has 30 heavy (non-hydrogen) atoms. The number of sulfone groups is 1. The lowest BCUT2D eigenvalue weighted by Gasteiger charge is -2.07. The number of rotatable bonds is 9. The summed E-state index contributed by atoms with van der Waals surface area (Å²) < 4.78 is 28.4. The fraction of sp³-hybridized carbons (Fsp3) is 0.211. The number of carbonyl (C=O) groups excluding carboxylic acids is 2. The van der Waals surface area contributed by atoms with Crippen LogP contribution in [0.1, 0.15) is 23.3 Å². The van der Waals surface area contributed by atoms with Gasteiger partial charge in [0.1, 0.15) is 11.4 Å². The number of anilines is 1. The van der Waals surface area contributed by atoms with Crippen LogP contribution in [0, 0.1) is 0 Å². The summed E-state index contributed by atoms with van der Waals surface area (Å²) in [6.07, 6.45) is 3.49. The van der Waals surface area contributed by atoms with Gasteiger partial charge in [0.15, 0.2) is 15.0 Å². The van der Waals surface area contributed by atoms with Gasteiger partial charge in [-0.1, -0.05) is 0 Å². The molecule has 0 fully saturated rings. The number of primary amides is 1. The molecule has 0 bridgehead atoms. The number of ether oxygens (including phenoxy) is 1. The Bertz CT molecular complexity index is 1150. The van der Waals surface area contributed by atoms with Gasteiger partial charge in [0.05, 0.1) is 17.2 Å². The molecule has 0 saturated heterocycles. The van der Waals surface area contributed by atoms with E-state index >= 15 is 0 Å². The molecule has 0 saturated carbocycles. The summed E-state index contributed by atoms with van der Waals surface area (Å²) in [7, 11) is -3.24.